The maximum Gasteiger partial charge on any atom is 0.271 e. The predicted octanol–water partition coefficient (Wildman–Crippen LogP) is 4.69. The summed E-state index contributed by atoms with van der Waals surface area (Å²) in [5.41, 5.74) is 7.48. The number of nitrogens with one attached hydrogen (secondary N) is 2. The second-order valence-corrected chi connectivity index (χ2v) is 10.9. The highest BCUT2D eigenvalue weighted by Gasteiger charge is 2.25. The number of amides is 2. The van der Waals surface area contributed by atoms with Crippen molar-refractivity contribution < 1.29 is 19.1 Å². The van der Waals surface area contributed by atoms with Crippen LogP contribution in [0.4, 0.5) is 17.3 Å². The lowest BCUT2D eigenvalue weighted by atomic mass is 9.82. The second-order valence-electron chi connectivity index (χ2n) is 10.4. The van der Waals surface area contributed by atoms with Crippen LogP contribution in [0.5, 0.6) is 0 Å². The number of hydrogen-bond donors (Lipinski definition) is 3. The topological polar surface area (TPSA) is 140 Å². The van der Waals surface area contributed by atoms with Crippen LogP contribution in [0.15, 0.2) is 54.7 Å². The van der Waals surface area contributed by atoms with E-state index in [0.29, 0.717) is 66.3 Å². The summed E-state index contributed by atoms with van der Waals surface area (Å²) >= 11 is 5.94. The number of morpholine rings is 1. The zero-order valence-electron chi connectivity index (χ0n) is 22.6. The molecule has 2 fully saturated rings. The van der Waals surface area contributed by atoms with Crippen molar-refractivity contribution in [3.8, 4) is 0 Å². The average Bonchev–Trinajstić information content (AvgIpc) is 2.99. The van der Waals surface area contributed by atoms with Gasteiger partial charge in [-0.3, -0.25) is 14.4 Å². The Kier molecular flexibility index (Phi) is 9.11. The number of hydrogen-bond acceptors (Lipinski definition) is 8. The number of halogens is 1. The number of carbonyl (C=O) groups is 3. The lowest BCUT2D eigenvalue weighted by Crippen LogP contribution is -2.40. The molecule has 0 unspecified atom stereocenters. The number of nitrogens with two attached hydrogens (primary N) is 1. The third kappa shape index (κ3) is 7.39. The summed E-state index contributed by atoms with van der Waals surface area (Å²) in [5.74, 6) is 0.480. The van der Waals surface area contributed by atoms with Crippen LogP contribution in [0.25, 0.3) is 0 Å². The van der Waals surface area contributed by atoms with Crippen molar-refractivity contribution in [2.24, 2.45) is 11.7 Å². The van der Waals surface area contributed by atoms with Gasteiger partial charge in [0.15, 0.2) is 17.3 Å². The van der Waals surface area contributed by atoms with Gasteiger partial charge in [-0.1, -0.05) is 11.6 Å². The number of rotatable bonds is 9. The number of anilines is 3. The Morgan fingerprint density at radius 2 is 1.61 bits per heavy atom. The molecular formula is C30H33ClN6O4. The Hall–Kier alpha value is -4.02. The Bertz CT molecular complexity index is 1390. The zero-order valence-corrected chi connectivity index (χ0v) is 23.4. The van der Waals surface area contributed by atoms with Crippen LogP contribution in [-0.2, 0) is 4.74 Å². The minimum atomic E-state index is -0.698. The minimum absolute atomic E-state index is 0.0217. The van der Waals surface area contributed by atoms with Gasteiger partial charge in [0.05, 0.1) is 19.4 Å². The molecule has 1 aromatic heterocycles. The molecule has 214 valence electrons. The van der Waals surface area contributed by atoms with Gasteiger partial charge in [-0.25, -0.2) is 9.97 Å². The van der Waals surface area contributed by atoms with Gasteiger partial charge in [0, 0.05) is 47.4 Å². The van der Waals surface area contributed by atoms with Crippen LogP contribution in [0, 0.1) is 5.92 Å². The first kappa shape index (κ1) is 28.5. The highest BCUT2D eigenvalue weighted by atomic mass is 35.5. The van der Waals surface area contributed by atoms with Gasteiger partial charge in [-0.15, -0.1) is 0 Å². The molecule has 2 aliphatic rings. The van der Waals surface area contributed by atoms with Crippen LogP contribution in [0.3, 0.4) is 0 Å². The third-order valence-electron chi connectivity index (χ3n) is 7.54. The molecule has 2 aromatic carbocycles. The molecule has 2 amide bonds. The van der Waals surface area contributed by atoms with Gasteiger partial charge in [0.2, 0.25) is 0 Å². The zero-order chi connectivity index (χ0) is 28.8. The molecule has 0 spiro atoms. The highest BCUT2D eigenvalue weighted by Crippen LogP contribution is 2.30. The molecule has 0 bridgehead atoms. The molecule has 4 N–H and O–H groups in total. The Labute approximate surface area is 243 Å². The molecule has 5 rings (SSSR count). The molecule has 41 heavy (non-hydrogen) atoms. The fourth-order valence-corrected chi connectivity index (χ4v) is 5.37. The number of Topliss-reactive ketones (excluding diaryl/α,β-unsaturated/α-hetero) is 1. The molecule has 3 aromatic rings. The fraction of sp³-hybridized carbons (Fsp3) is 0.367. The average molecular weight is 577 g/mol. The Morgan fingerprint density at radius 3 is 2.27 bits per heavy atom. The van der Waals surface area contributed by atoms with E-state index in [0.717, 1.165) is 25.7 Å². The summed E-state index contributed by atoms with van der Waals surface area (Å²) in [6.07, 6.45) is 5.64. The molecule has 1 saturated carbocycles. The number of primary amides is 1. The van der Waals surface area contributed by atoms with Crippen molar-refractivity contribution in [3.05, 3.63) is 76.6 Å². The van der Waals surface area contributed by atoms with E-state index in [4.69, 9.17) is 22.1 Å². The molecule has 1 saturated heterocycles. The maximum atomic E-state index is 12.7. The summed E-state index contributed by atoms with van der Waals surface area (Å²) in [4.78, 5) is 48.0. The first-order valence-corrected chi connectivity index (χ1v) is 14.2. The van der Waals surface area contributed by atoms with E-state index in [-0.39, 0.29) is 29.2 Å². The lowest BCUT2D eigenvalue weighted by Gasteiger charge is -2.29. The predicted molar refractivity (Wildman–Crippen MR) is 157 cm³/mol. The van der Waals surface area contributed by atoms with E-state index in [1.165, 1.54) is 6.20 Å². The summed E-state index contributed by atoms with van der Waals surface area (Å²) in [6, 6.07) is 14.2. The van der Waals surface area contributed by atoms with Gasteiger partial charge < -0.3 is 26.0 Å². The number of benzene rings is 2. The van der Waals surface area contributed by atoms with Crippen LogP contribution in [-0.4, -0.2) is 64.8 Å². The molecule has 1 aliphatic carbocycles. The van der Waals surface area contributed by atoms with E-state index < -0.39 is 5.91 Å². The van der Waals surface area contributed by atoms with Gasteiger partial charge in [0.1, 0.15) is 5.82 Å². The van der Waals surface area contributed by atoms with E-state index in [1.54, 1.807) is 53.4 Å². The smallest absolute Gasteiger partial charge is 0.271 e. The maximum absolute atomic E-state index is 12.7. The molecule has 0 atom stereocenters. The molecular weight excluding hydrogens is 544 g/mol. The van der Waals surface area contributed by atoms with E-state index in [1.807, 2.05) is 0 Å². The molecule has 10 nitrogen and oxygen atoms in total. The standard InChI is InChI=1S/C30H33ClN6O4/c31-22-7-3-20(4-8-22)25(38)17-19-1-9-23(10-2-19)34-26-18-33-27(28(32)39)29(36-26)35-24-11-5-21(6-12-24)30(40)37-13-15-41-16-14-37/h3-8,11-12,18-19,23H,1-2,9-10,13-17H2,(H2,32,39)(H2,34,35,36). The number of ether oxygens (including phenoxy) is 1. The molecule has 2 heterocycles. The van der Waals surface area contributed by atoms with Crippen molar-refractivity contribution in [1.82, 2.24) is 14.9 Å². The van der Waals surface area contributed by atoms with Crippen LogP contribution in [0.1, 0.15) is 63.3 Å². The monoisotopic (exact) mass is 576 g/mol. The van der Waals surface area contributed by atoms with Gasteiger partial charge >= 0.3 is 0 Å². The van der Waals surface area contributed by atoms with Crippen molar-refractivity contribution >= 4 is 46.5 Å². The Morgan fingerprint density at radius 1 is 0.951 bits per heavy atom. The quantitative estimate of drug-likeness (QED) is 0.312. The molecule has 0 radical (unpaired) electrons. The summed E-state index contributed by atoms with van der Waals surface area (Å²) in [5, 5.41) is 7.16. The van der Waals surface area contributed by atoms with Gasteiger partial charge in [-0.2, -0.15) is 0 Å². The minimum Gasteiger partial charge on any atom is -0.378 e. The second kappa shape index (κ2) is 13.1. The van der Waals surface area contributed by atoms with Crippen LogP contribution >= 0.6 is 11.6 Å². The van der Waals surface area contributed by atoms with Crippen molar-refractivity contribution in [3.63, 3.8) is 0 Å². The summed E-state index contributed by atoms with van der Waals surface area (Å²) < 4.78 is 5.32. The largest absolute Gasteiger partial charge is 0.378 e. The number of ketones is 1. The highest BCUT2D eigenvalue weighted by molar-refractivity contribution is 6.30. The number of carbonyl (C=O) groups excluding carboxylic acids is 3. The third-order valence-corrected chi connectivity index (χ3v) is 7.79. The van der Waals surface area contributed by atoms with Crippen molar-refractivity contribution in [2.45, 2.75) is 38.1 Å². The van der Waals surface area contributed by atoms with Gasteiger partial charge in [-0.05, 0) is 80.1 Å². The number of aromatic nitrogens is 2. The fourth-order valence-electron chi connectivity index (χ4n) is 5.24. The molecule has 1 aliphatic heterocycles. The summed E-state index contributed by atoms with van der Waals surface area (Å²) in [6.45, 7) is 2.21. The van der Waals surface area contributed by atoms with E-state index in [9.17, 15) is 14.4 Å². The van der Waals surface area contributed by atoms with E-state index >= 15 is 0 Å². The first-order valence-electron chi connectivity index (χ1n) is 13.8. The van der Waals surface area contributed by atoms with Crippen LogP contribution in [0.2, 0.25) is 5.02 Å². The van der Waals surface area contributed by atoms with Crippen LogP contribution < -0.4 is 16.4 Å². The van der Waals surface area contributed by atoms with Gasteiger partial charge in [0.25, 0.3) is 11.8 Å². The van der Waals surface area contributed by atoms with E-state index in [2.05, 4.69) is 20.6 Å². The normalized spacial score (nSPS) is 18.9. The Balaban J connectivity index is 1.18. The summed E-state index contributed by atoms with van der Waals surface area (Å²) in [7, 11) is 0. The van der Waals surface area contributed by atoms with Crippen molar-refractivity contribution in [1.29, 1.82) is 0 Å². The first-order chi connectivity index (χ1) is 19.9. The number of nitrogens with zero attached hydrogens (tertiary/aromatic N) is 3. The lowest BCUT2D eigenvalue weighted by molar-refractivity contribution is 0.0303. The SMILES string of the molecule is NC(=O)c1ncc(NC2CCC(CC(=O)c3ccc(Cl)cc3)CC2)nc1Nc1ccc(C(=O)N2CCOCC2)cc1. The van der Waals surface area contributed by atoms with Crippen molar-refractivity contribution in [2.75, 3.05) is 36.9 Å². The molecule has 11 heteroatoms.